The molecule has 0 bridgehead atoms. The summed E-state index contributed by atoms with van der Waals surface area (Å²) < 4.78 is 71.1. The number of carbonyl (C=O) groups is 1. The Morgan fingerprint density at radius 3 is 1.48 bits per heavy atom. The Labute approximate surface area is 131 Å². The first-order chi connectivity index (χ1) is 10.5. The highest BCUT2D eigenvalue weighted by molar-refractivity contribution is 5.81. The van der Waals surface area contributed by atoms with E-state index in [9.17, 15) is 26.7 Å². The van der Waals surface area contributed by atoms with Crippen LogP contribution in [0, 0.1) is 29.1 Å². The zero-order valence-electron chi connectivity index (χ0n) is 13.4. The maximum atomic E-state index is 13.6. The summed E-state index contributed by atoms with van der Waals surface area (Å²) in [5, 5.41) is 0. The number of hydrogen-bond donors (Lipinski definition) is 0. The molecule has 1 rings (SSSR count). The Morgan fingerprint density at radius 1 is 0.783 bits per heavy atom. The van der Waals surface area contributed by atoms with Crippen LogP contribution in [0.15, 0.2) is 0 Å². The lowest BCUT2D eigenvalue weighted by Gasteiger charge is -2.33. The zero-order valence-corrected chi connectivity index (χ0v) is 13.4. The number of halogens is 5. The van der Waals surface area contributed by atoms with Gasteiger partial charge in [0.05, 0.1) is 0 Å². The summed E-state index contributed by atoms with van der Waals surface area (Å²) in [6.07, 6.45) is -1.42. The van der Waals surface area contributed by atoms with Crippen molar-refractivity contribution >= 4 is 5.91 Å². The van der Waals surface area contributed by atoms with E-state index in [1.807, 2.05) is 0 Å². The molecule has 0 spiro atoms. The van der Waals surface area contributed by atoms with Crippen LogP contribution in [0.4, 0.5) is 22.0 Å². The molecule has 3 nitrogen and oxygen atoms in total. The van der Waals surface area contributed by atoms with Crippen molar-refractivity contribution in [2.24, 2.45) is 0 Å². The summed E-state index contributed by atoms with van der Waals surface area (Å²) in [5.74, 6) is -12.8. The van der Waals surface area contributed by atoms with E-state index < -0.39 is 46.8 Å². The summed E-state index contributed by atoms with van der Waals surface area (Å²) in [5.41, 5.74) is 0. The van der Waals surface area contributed by atoms with Crippen molar-refractivity contribution in [3.05, 3.63) is 29.1 Å². The van der Waals surface area contributed by atoms with Gasteiger partial charge in [-0.3, -0.25) is 4.79 Å². The Kier molecular flexibility index (Phi) is 5.96. The minimum absolute atomic E-state index is 0.232. The maximum Gasteiger partial charge on any atom is 0.263 e. The van der Waals surface area contributed by atoms with Crippen LogP contribution in [0.1, 0.15) is 34.6 Å². The smallest absolute Gasteiger partial charge is 0.263 e. The third-order valence-electron chi connectivity index (χ3n) is 3.18. The van der Waals surface area contributed by atoms with Crippen molar-refractivity contribution in [1.29, 1.82) is 0 Å². The summed E-state index contributed by atoms with van der Waals surface area (Å²) >= 11 is 0. The predicted molar refractivity (Wildman–Crippen MR) is 73.4 cm³/mol. The van der Waals surface area contributed by atoms with Gasteiger partial charge in [-0.2, -0.15) is 8.78 Å². The highest BCUT2D eigenvalue weighted by atomic mass is 19.2. The molecule has 0 radical (unpaired) electrons. The molecule has 1 amide bonds. The fourth-order valence-electron chi connectivity index (χ4n) is 2.23. The largest absolute Gasteiger partial charge is 0.475 e. The molecule has 0 N–H and O–H groups in total. The van der Waals surface area contributed by atoms with Crippen LogP contribution >= 0.6 is 0 Å². The molecule has 0 aliphatic rings. The van der Waals surface area contributed by atoms with Gasteiger partial charge in [-0.15, -0.1) is 0 Å². The summed E-state index contributed by atoms with van der Waals surface area (Å²) in [6, 6.07) is -0.463. The molecule has 1 atom stereocenters. The van der Waals surface area contributed by atoms with E-state index in [0.29, 0.717) is 0 Å². The van der Waals surface area contributed by atoms with E-state index in [1.165, 1.54) is 11.8 Å². The standard InChI is InChI=1S/C15H18F5NO2/c1-6(2)21(7(3)4)15(22)8(5)23-14-12(19)10(17)9(16)11(18)13(14)20/h6-8H,1-5H3. The second-order valence-electron chi connectivity index (χ2n) is 5.59. The third kappa shape index (κ3) is 3.73. The Bertz CT molecular complexity index is 567. The van der Waals surface area contributed by atoms with Crippen molar-refractivity contribution in [3.8, 4) is 5.75 Å². The molecule has 23 heavy (non-hydrogen) atoms. The molecule has 1 aromatic carbocycles. The third-order valence-corrected chi connectivity index (χ3v) is 3.18. The SMILES string of the molecule is CC(Oc1c(F)c(F)c(F)c(F)c1F)C(=O)N(C(C)C)C(C)C. The van der Waals surface area contributed by atoms with Gasteiger partial charge in [0, 0.05) is 12.1 Å². The van der Waals surface area contributed by atoms with Crippen molar-refractivity contribution < 1.29 is 31.5 Å². The van der Waals surface area contributed by atoms with E-state index in [0.717, 1.165) is 0 Å². The topological polar surface area (TPSA) is 29.5 Å². The molecule has 0 aliphatic carbocycles. The average molecular weight is 339 g/mol. The van der Waals surface area contributed by atoms with Crippen LogP contribution in [0.25, 0.3) is 0 Å². The van der Waals surface area contributed by atoms with Crippen LogP contribution < -0.4 is 4.74 Å². The number of rotatable bonds is 5. The number of amides is 1. The van der Waals surface area contributed by atoms with E-state index >= 15 is 0 Å². The first kappa shape index (κ1) is 19.2. The predicted octanol–water partition coefficient (Wildman–Crippen LogP) is 3.79. The van der Waals surface area contributed by atoms with Gasteiger partial charge in [0.1, 0.15) is 0 Å². The van der Waals surface area contributed by atoms with Crippen molar-refractivity contribution in [3.63, 3.8) is 0 Å². The first-order valence-electron chi connectivity index (χ1n) is 7.00. The van der Waals surface area contributed by atoms with Crippen LogP contribution in [0.2, 0.25) is 0 Å². The van der Waals surface area contributed by atoms with E-state index in [4.69, 9.17) is 4.74 Å². The second kappa shape index (κ2) is 7.14. The molecule has 1 unspecified atom stereocenters. The number of hydrogen-bond acceptors (Lipinski definition) is 2. The van der Waals surface area contributed by atoms with E-state index in [1.54, 1.807) is 27.7 Å². The van der Waals surface area contributed by atoms with Gasteiger partial charge in [0.2, 0.25) is 29.1 Å². The average Bonchev–Trinajstić information content (AvgIpc) is 2.46. The summed E-state index contributed by atoms with van der Waals surface area (Å²) in [6.45, 7) is 8.08. The molecular formula is C15H18F5NO2. The van der Waals surface area contributed by atoms with Crippen LogP contribution in [0.5, 0.6) is 5.75 Å². The lowest BCUT2D eigenvalue weighted by Crippen LogP contribution is -2.48. The van der Waals surface area contributed by atoms with Crippen LogP contribution in [-0.4, -0.2) is 29.0 Å². The minimum Gasteiger partial charge on any atom is -0.475 e. The number of carbonyl (C=O) groups excluding carboxylic acids is 1. The molecule has 0 saturated carbocycles. The molecule has 0 heterocycles. The van der Waals surface area contributed by atoms with Gasteiger partial charge in [-0.05, 0) is 34.6 Å². The fraction of sp³-hybridized carbons (Fsp3) is 0.533. The van der Waals surface area contributed by atoms with Crippen LogP contribution in [-0.2, 0) is 4.79 Å². The number of benzene rings is 1. The summed E-state index contributed by atoms with van der Waals surface area (Å²) in [4.78, 5) is 13.7. The normalized spacial score (nSPS) is 12.7. The van der Waals surface area contributed by atoms with Crippen molar-refractivity contribution in [1.82, 2.24) is 4.90 Å². The Hall–Kier alpha value is -1.86. The molecule has 0 aromatic heterocycles. The number of ether oxygens (including phenoxy) is 1. The van der Waals surface area contributed by atoms with Gasteiger partial charge >= 0.3 is 0 Å². The highest BCUT2D eigenvalue weighted by Gasteiger charge is 2.32. The molecule has 0 fully saturated rings. The minimum atomic E-state index is -2.28. The van der Waals surface area contributed by atoms with E-state index in [-0.39, 0.29) is 12.1 Å². The van der Waals surface area contributed by atoms with Gasteiger partial charge in [0.25, 0.3) is 5.91 Å². The molecule has 130 valence electrons. The van der Waals surface area contributed by atoms with Gasteiger partial charge in [0.15, 0.2) is 11.9 Å². The summed E-state index contributed by atoms with van der Waals surface area (Å²) in [7, 11) is 0. The van der Waals surface area contributed by atoms with Gasteiger partial charge in [-0.1, -0.05) is 0 Å². The Balaban J connectivity index is 3.16. The van der Waals surface area contributed by atoms with Gasteiger partial charge in [-0.25, -0.2) is 13.2 Å². The van der Waals surface area contributed by atoms with Crippen molar-refractivity contribution in [2.45, 2.75) is 52.8 Å². The highest BCUT2D eigenvalue weighted by Crippen LogP contribution is 2.30. The fourth-order valence-corrected chi connectivity index (χ4v) is 2.23. The molecule has 8 heteroatoms. The molecule has 1 aromatic rings. The van der Waals surface area contributed by atoms with Gasteiger partial charge < -0.3 is 9.64 Å². The lowest BCUT2D eigenvalue weighted by molar-refractivity contribution is -0.141. The van der Waals surface area contributed by atoms with Crippen molar-refractivity contribution in [2.75, 3.05) is 0 Å². The monoisotopic (exact) mass is 339 g/mol. The van der Waals surface area contributed by atoms with E-state index in [2.05, 4.69) is 0 Å². The zero-order chi connectivity index (χ0) is 18.1. The Morgan fingerprint density at radius 2 is 1.13 bits per heavy atom. The quantitative estimate of drug-likeness (QED) is 0.464. The lowest BCUT2D eigenvalue weighted by atomic mass is 10.2. The second-order valence-corrected chi connectivity index (χ2v) is 5.59. The maximum absolute atomic E-state index is 13.6. The molecular weight excluding hydrogens is 321 g/mol. The first-order valence-corrected chi connectivity index (χ1v) is 7.00. The molecule has 0 saturated heterocycles. The molecule has 0 aliphatic heterocycles. The van der Waals surface area contributed by atoms with Crippen LogP contribution in [0.3, 0.4) is 0 Å². The number of nitrogens with zero attached hydrogens (tertiary/aromatic N) is 1.